The van der Waals surface area contributed by atoms with E-state index >= 15 is 0 Å². The number of hydrogen-bond donors (Lipinski definition) is 1. The van der Waals surface area contributed by atoms with Crippen molar-refractivity contribution < 1.29 is 0 Å². The van der Waals surface area contributed by atoms with Gasteiger partial charge in [-0.25, -0.2) is 4.98 Å². The lowest BCUT2D eigenvalue weighted by Gasteiger charge is -2.21. The average molecular weight is 291 g/mol. The molecular weight excluding hydrogens is 270 g/mol. The number of aromatic nitrogens is 2. The molecule has 0 radical (unpaired) electrons. The van der Waals surface area contributed by atoms with Crippen LogP contribution in [0.4, 0.5) is 11.8 Å². The lowest BCUT2D eigenvalue weighted by Crippen LogP contribution is -2.31. The molecule has 2 aromatic heterocycles. The maximum atomic E-state index is 4.70. The predicted octanol–water partition coefficient (Wildman–Crippen LogP) is 2.18. The first kappa shape index (κ1) is 13.6. The number of fused-ring (bicyclic) bond motifs is 1. The molecule has 0 spiro atoms. The standard InChI is InChI=1S/C14H21N5S/c1-9-7-11-12(16-14(15-2)17-13(11)20-9)19-6-5-10(8-19)18(3)4/h7,10H,5-6,8H2,1-4H3,(H,15,16,17). The minimum absolute atomic E-state index is 0.609. The zero-order valence-corrected chi connectivity index (χ0v) is 13.3. The largest absolute Gasteiger partial charge is 0.357 e. The maximum absolute atomic E-state index is 4.70. The van der Waals surface area contributed by atoms with E-state index in [1.54, 1.807) is 11.3 Å². The molecule has 3 rings (SSSR count). The number of rotatable bonds is 3. The summed E-state index contributed by atoms with van der Waals surface area (Å²) in [5.74, 6) is 1.79. The molecule has 1 aliphatic rings. The van der Waals surface area contributed by atoms with Crippen LogP contribution in [0.15, 0.2) is 6.07 Å². The molecule has 108 valence electrons. The number of thiophene rings is 1. The van der Waals surface area contributed by atoms with E-state index in [9.17, 15) is 0 Å². The smallest absolute Gasteiger partial charge is 0.225 e. The van der Waals surface area contributed by atoms with E-state index in [2.05, 4.69) is 47.2 Å². The molecule has 3 heterocycles. The Hall–Kier alpha value is -1.40. The maximum Gasteiger partial charge on any atom is 0.225 e. The van der Waals surface area contributed by atoms with Crippen LogP contribution in [0.5, 0.6) is 0 Å². The van der Waals surface area contributed by atoms with Gasteiger partial charge in [-0.2, -0.15) is 4.98 Å². The van der Waals surface area contributed by atoms with Crippen LogP contribution in [-0.2, 0) is 0 Å². The molecule has 1 aliphatic heterocycles. The summed E-state index contributed by atoms with van der Waals surface area (Å²) in [5.41, 5.74) is 0. The van der Waals surface area contributed by atoms with Crippen LogP contribution in [0.3, 0.4) is 0 Å². The van der Waals surface area contributed by atoms with Crippen LogP contribution in [0, 0.1) is 6.92 Å². The summed E-state index contributed by atoms with van der Waals surface area (Å²) in [6.07, 6.45) is 1.19. The lowest BCUT2D eigenvalue weighted by molar-refractivity contribution is 0.315. The van der Waals surface area contributed by atoms with Gasteiger partial charge >= 0.3 is 0 Å². The van der Waals surface area contributed by atoms with E-state index in [0.717, 1.165) is 23.7 Å². The summed E-state index contributed by atoms with van der Waals surface area (Å²) in [6, 6.07) is 2.82. The van der Waals surface area contributed by atoms with Crippen molar-refractivity contribution in [1.29, 1.82) is 0 Å². The molecule has 2 aromatic rings. The minimum Gasteiger partial charge on any atom is -0.357 e. The number of likely N-dealkylation sites (N-methyl/N-ethyl adjacent to an activating group) is 1. The van der Waals surface area contributed by atoms with Crippen LogP contribution < -0.4 is 10.2 Å². The molecule has 0 aromatic carbocycles. The SMILES string of the molecule is CNc1nc(N2CCC(N(C)C)C2)c2cc(C)sc2n1. The Labute approximate surface area is 123 Å². The van der Waals surface area contributed by atoms with Crippen molar-refractivity contribution in [1.82, 2.24) is 14.9 Å². The van der Waals surface area contributed by atoms with Crippen molar-refractivity contribution in [2.45, 2.75) is 19.4 Å². The Morgan fingerprint density at radius 2 is 2.20 bits per heavy atom. The van der Waals surface area contributed by atoms with E-state index in [1.165, 1.54) is 16.7 Å². The fourth-order valence-electron chi connectivity index (χ4n) is 2.74. The van der Waals surface area contributed by atoms with Gasteiger partial charge in [0.25, 0.3) is 0 Å². The second kappa shape index (κ2) is 5.18. The van der Waals surface area contributed by atoms with E-state index in [0.29, 0.717) is 12.0 Å². The number of nitrogens with one attached hydrogen (secondary N) is 1. The normalized spacial score (nSPS) is 19.2. The van der Waals surface area contributed by atoms with E-state index in [1.807, 2.05) is 7.05 Å². The van der Waals surface area contributed by atoms with Gasteiger partial charge < -0.3 is 15.1 Å². The van der Waals surface area contributed by atoms with Gasteiger partial charge in [0.15, 0.2) is 0 Å². The molecule has 0 amide bonds. The highest BCUT2D eigenvalue weighted by Gasteiger charge is 2.27. The van der Waals surface area contributed by atoms with Gasteiger partial charge in [0, 0.05) is 31.1 Å². The molecule has 5 nitrogen and oxygen atoms in total. The average Bonchev–Trinajstić information content (AvgIpc) is 3.02. The summed E-state index contributed by atoms with van der Waals surface area (Å²) < 4.78 is 0. The Balaban J connectivity index is 2.02. The summed E-state index contributed by atoms with van der Waals surface area (Å²) >= 11 is 1.73. The van der Waals surface area contributed by atoms with Crippen LogP contribution >= 0.6 is 11.3 Å². The molecule has 0 aliphatic carbocycles. The van der Waals surface area contributed by atoms with Gasteiger partial charge in [-0.3, -0.25) is 0 Å². The Morgan fingerprint density at radius 3 is 2.85 bits per heavy atom. The zero-order valence-electron chi connectivity index (χ0n) is 12.5. The highest BCUT2D eigenvalue weighted by molar-refractivity contribution is 7.18. The van der Waals surface area contributed by atoms with Gasteiger partial charge in [0.1, 0.15) is 10.6 Å². The zero-order chi connectivity index (χ0) is 14.3. The van der Waals surface area contributed by atoms with E-state index < -0.39 is 0 Å². The van der Waals surface area contributed by atoms with E-state index in [-0.39, 0.29) is 0 Å². The quantitative estimate of drug-likeness (QED) is 0.939. The van der Waals surface area contributed by atoms with Gasteiger partial charge in [0.05, 0.1) is 5.39 Å². The Kier molecular flexibility index (Phi) is 3.52. The predicted molar refractivity (Wildman–Crippen MR) is 86.0 cm³/mol. The topological polar surface area (TPSA) is 44.3 Å². The van der Waals surface area contributed by atoms with Crippen LogP contribution in [0.1, 0.15) is 11.3 Å². The fraction of sp³-hybridized carbons (Fsp3) is 0.571. The Morgan fingerprint density at radius 1 is 1.40 bits per heavy atom. The summed E-state index contributed by atoms with van der Waals surface area (Å²) in [7, 11) is 6.17. The number of hydrogen-bond acceptors (Lipinski definition) is 6. The molecule has 0 bridgehead atoms. The van der Waals surface area contributed by atoms with Crippen molar-refractivity contribution in [2.24, 2.45) is 0 Å². The number of anilines is 2. The molecule has 1 unspecified atom stereocenters. The van der Waals surface area contributed by atoms with Gasteiger partial charge in [0.2, 0.25) is 5.95 Å². The fourth-order valence-corrected chi connectivity index (χ4v) is 3.61. The molecule has 1 saturated heterocycles. The van der Waals surface area contributed by atoms with Crippen molar-refractivity contribution in [2.75, 3.05) is 44.4 Å². The van der Waals surface area contributed by atoms with Crippen LogP contribution in [-0.4, -0.2) is 55.1 Å². The highest BCUT2D eigenvalue weighted by Crippen LogP contribution is 2.33. The molecule has 1 atom stereocenters. The third-order valence-corrected chi connectivity index (χ3v) is 4.86. The molecule has 6 heteroatoms. The first-order valence-electron chi connectivity index (χ1n) is 6.96. The van der Waals surface area contributed by atoms with Gasteiger partial charge in [-0.1, -0.05) is 0 Å². The second-order valence-corrected chi connectivity index (χ2v) is 6.78. The van der Waals surface area contributed by atoms with Gasteiger partial charge in [-0.15, -0.1) is 11.3 Å². The van der Waals surface area contributed by atoms with Gasteiger partial charge in [-0.05, 0) is 33.5 Å². The van der Waals surface area contributed by atoms with Crippen molar-refractivity contribution in [3.05, 3.63) is 10.9 Å². The molecule has 0 saturated carbocycles. The second-order valence-electron chi connectivity index (χ2n) is 5.55. The number of aryl methyl sites for hydroxylation is 1. The Bertz CT molecular complexity index is 621. The van der Waals surface area contributed by atoms with Crippen molar-refractivity contribution >= 4 is 33.3 Å². The first-order valence-corrected chi connectivity index (χ1v) is 7.77. The molecule has 20 heavy (non-hydrogen) atoms. The third-order valence-electron chi connectivity index (χ3n) is 3.91. The minimum atomic E-state index is 0.609. The van der Waals surface area contributed by atoms with Crippen LogP contribution in [0.2, 0.25) is 0 Å². The third kappa shape index (κ3) is 2.33. The van der Waals surface area contributed by atoms with E-state index in [4.69, 9.17) is 4.98 Å². The molecule has 1 fully saturated rings. The summed E-state index contributed by atoms with van der Waals surface area (Å²) in [5, 5.41) is 4.26. The van der Waals surface area contributed by atoms with Crippen molar-refractivity contribution in [3.8, 4) is 0 Å². The highest BCUT2D eigenvalue weighted by atomic mass is 32.1. The first-order chi connectivity index (χ1) is 9.58. The van der Waals surface area contributed by atoms with Crippen molar-refractivity contribution in [3.63, 3.8) is 0 Å². The van der Waals surface area contributed by atoms with Crippen LogP contribution in [0.25, 0.3) is 10.2 Å². The molecule has 1 N–H and O–H groups in total. The summed E-state index contributed by atoms with van der Waals surface area (Å²) in [6.45, 7) is 4.23. The summed E-state index contributed by atoms with van der Waals surface area (Å²) in [4.78, 5) is 16.3. The molecular formula is C14H21N5S. The lowest BCUT2D eigenvalue weighted by atomic mass is 10.2. The monoisotopic (exact) mass is 291 g/mol. The number of nitrogens with zero attached hydrogens (tertiary/aromatic N) is 4.